The highest BCUT2D eigenvalue weighted by Crippen LogP contribution is 2.46. The zero-order valence-corrected chi connectivity index (χ0v) is 14.1. The van der Waals surface area contributed by atoms with Crippen LogP contribution in [0.3, 0.4) is 0 Å². The summed E-state index contributed by atoms with van der Waals surface area (Å²) in [5, 5.41) is 21.2. The molecule has 0 radical (unpaired) electrons. The Balaban J connectivity index is 1.75. The van der Waals surface area contributed by atoms with Crippen molar-refractivity contribution >= 4 is 0 Å². The first kappa shape index (κ1) is 16.0. The number of nitrogens with one attached hydrogen (secondary N) is 1. The molecular weight excluding hydrogens is 330 g/mol. The number of aromatic amines is 1. The summed E-state index contributed by atoms with van der Waals surface area (Å²) in [4.78, 5) is 11.4. The van der Waals surface area contributed by atoms with E-state index in [2.05, 4.69) is 15.0 Å². The van der Waals surface area contributed by atoms with Crippen LogP contribution in [0.2, 0.25) is 0 Å². The fourth-order valence-corrected chi connectivity index (χ4v) is 3.16. The number of hydrogen-bond donors (Lipinski definition) is 3. The Labute approximate surface area is 150 Å². The molecule has 0 saturated carbocycles. The molecule has 0 spiro atoms. The van der Waals surface area contributed by atoms with Crippen LogP contribution in [0.5, 0.6) is 11.6 Å². The van der Waals surface area contributed by atoms with Crippen LogP contribution >= 0.6 is 0 Å². The molecule has 7 heteroatoms. The molecule has 0 amide bonds. The van der Waals surface area contributed by atoms with Gasteiger partial charge in [0.1, 0.15) is 0 Å². The molecule has 0 unspecified atom stereocenters. The number of aryl methyl sites for hydroxylation is 1. The second-order valence-corrected chi connectivity index (χ2v) is 6.01. The maximum atomic E-state index is 10.6. The van der Waals surface area contributed by atoms with Gasteiger partial charge in [-0.3, -0.25) is 0 Å². The normalized spacial score (nSPS) is 11.1. The predicted molar refractivity (Wildman–Crippen MR) is 97.6 cm³/mol. The van der Waals surface area contributed by atoms with Crippen molar-refractivity contribution in [1.29, 1.82) is 0 Å². The molecule has 1 aromatic carbocycles. The van der Waals surface area contributed by atoms with Gasteiger partial charge in [0.05, 0.1) is 17.6 Å². The van der Waals surface area contributed by atoms with E-state index in [4.69, 9.17) is 0 Å². The third-order valence-corrected chi connectivity index (χ3v) is 4.35. The van der Waals surface area contributed by atoms with Gasteiger partial charge in [-0.05, 0) is 12.0 Å². The highest BCUT2D eigenvalue weighted by atomic mass is 16.3. The molecule has 4 rings (SSSR count). The Morgan fingerprint density at radius 3 is 2.58 bits per heavy atom. The van der Waals surface area contributed by atoms with E-state index in [0.717, 1.165) is 18.5 Å². The smallest absolute Gasteiger partial charge is 0.235 e. The average molecular weight is 349 g/mol. The standard InChI is InChI=1S/C19H19N5O2/c25-17-15(14-5-2-1-3-6-14)16(18-21-7-8-22-18)24(19(17)26)11-4-10-23-12-9-20-13-23/h1-3,5-9,12-13,25-26H,4,10-11H2,(H,21,22). The molecule has 0 aliphatic carbocycles. The van der Waals surface area contributed by atoms with Crippen molar-refractivity contribution in [2.45, 2.75) is 19.5 Å². The SMILES string of the molecule is Oc1c(-c2ccccc2)c(-c2ncc[nH]2)n(CCCn2ccnc2)c1O. The molecule has 0 fully saturated rings. The van der Waals surface area contributed by atoms with Crippen LogP contribution in [0, 0.1) is 0 Å². The number of H-pyrrole nitrogens is 1. The number of imidazole rings is 2. The summed E-state index contributed by atoms with van der Waals surface area (Å²) in [5.74, 6) is 0.313. The van der Waals surface area contributed by atoms with Gasteiger partial charge in [-0.25, -0.2) is 9.97 Å². The Morgan fingerprint density at radius 2 is 1.88 bits per heavy atom. The minimum absolute atomic E-state index is 0.134. The highest BCUT2D eigenvalue weighted by Gasteiger charge is 2.25. The van der Waals surface area contributed by atoms with E-state index in [1.807, 2.05) is 41.1 Å². The van der Waals surface area contributed by atoms with Gasteiger partial charge in [0.25, 0.3) is 0 Å². The fraction of sp³-hybridized carbons (Fsp3) is 0.158. The number of aromatic nitrogens is 5. The van der Waals surface area contributed by atoms with Crippen LogP contribution in [0.25, 0.3) is 22.6 Å². The minimum atomic E-state index is -0.152. The van der Waals surface area contributed by atoms with E-state index in [-0.39, 0.29) is 11.6 Å². The monoisotopic (exact) mass is 349 g/mol. The predicted octanol–water partition coefficient (Wildman–Crippen LogP) is 3.24. The molecule has 0 aliphatic rings. The quantitative estimate of drug-likeness (QED) is 0.498. The van der Waals surface area contributed by atoms with E-state index in [9.17, 15) is 10.2 Å². The topological polar surface area (TPSA) is 91.9 Å². The van der Waals surface area contributed by atoms with Gasteiger partial charge in [0.2, 0.25) is 5.88 Å². The van der Waals surface area contributed by atoms with E-state index >= 15 is 0 Å². The second-order valence-electron chi connectivity index (χ2n) is 6.01. The van der Waals surface area contributed by atoms with Crippen LogP contribution < -0.4 is 0 Å². The largest absolute Gasteiger partial charge is 0.503 e. The molecule has 0 bridgehead atoms. The van der Waals surface area contributed by atoms with Crippen molar-refractivity contribution in [2.24, 2.45) is 0 Å². The lowest BCUT2D eigenvalue weighted by atomic mass is 10.0. The number of rotatable bonds is 6. The summed E-state index contributed by atoms with van der Waals surface area (Å²) < 4.78 is 3.68. The van der Waals surface area contributed by atoms with Crippen molar-refractivity contribution in [3.05, 3.63) is 61.4 Å². The van der Waals surface area contributed by atoms with E-state index in [1.54, 1.807) is 29.5 Å². The fourth-order valence-electron chi connectivity index (χ4n) is 3.16. The maximum absolute atomic E-state index is 10.6. The molecule has 7 nitrogen and oxygen atoms in total. The molecule has 0 saturated heterocycles. The Kier molecular flexibility index (Phi) is 4.18. The van der Waals surface area contributed by atoms with Gasteiger partial charge in [0.15, 0.2) is 11.6 Å². The van der Waals surface area contributed by atoms with E-state index < -0.39 is 0 Å². The number of hydrogen-bond acceptors (Lipinski definition) is 4. The molecule has 3 aromatic heterocycles. The van der Waals surface area contributed by atoms with Crippen LogP contribution in [-0.2, 0) is 13.1 Å². The van der Waals surface area contributed by atoms with Crippen molar-refractivity contribution in [3.63, 3.8) is 0 Å². The molecule has 4 aromatic rings. The minimum Gasteiger partial charge on any atom is -0.503 e. The van der Waals surface area contributed by atoms with Crippen LogP contribution in [0.4, 0.5) is 0 Å². The summed E-state index contributed by atoms with van der Waals surface area (Å²) in [6.45, 7) is 1.29. The van der Waals surface area contributed by atoms with Crippen LogP contribution in [-0.4, -0.2) is 34.3 Å². The Morgan fingerprint density at radius 1 is 1.04 bits per heavy atom. The summed E-state index contributed by atoms with van der Waals surface area (Å²) in [5.41, 5.74) is 2.06. The lowest BCUT2D eigenvalue weighted by Gasteiger charge is -2.10. The summed E-state index contributed by atoms with van der Waals surface area (Å²) in [7, 11) is 0. The summed E-state index contributed by atoms with van der Waals surface area (Å²) in [6.07, 6.45) is 9.54. The summed E-state index contributed by atoms with van der Waals surface area (Å²) in [6, 6.07) is 9.50. The van der Waals surface area contributed by atoms with Gasteiger partial charge >= 0.3 is 0 Å². The van der Waals surface area contributed by atoms with Gasteiger partial charge < -0.3 is 24.3 Å². The molecular formula is C19H19N5O2. The first-order chi connectivity index (χ1) is 12.8. The van der Waals surface area contributed by atoms with Crippen molar-refractivity contribution in [3.8, 4) is 34.3 Å². The zero-order chi connectivity index (χ0) is 17.9. The first-order valence-electron chi connectivity index (χ1n) is 8.41. The van der Waals surface area contributed by atoms with Crippen molar-refractivity contribution < 1.29 is 10.2 Å². The molecule has 3 N–H and O–H groups in total. The van der Waals surface area contributed by atoms with Crippen molar-refractivity contribution in [2.75, 3.05) is 0 Å². The number of aromatic hydroxyl groups is 2. The Hall–Kier alpha value is -3.48. The lowest BCUT2D eigenvalue weighted by molar-refractivity contribution is 0.368. The maximum Gasteiger partial charge on any atom is 0.235 e. The van der Waals surface area contributed by atoms with Crippen molar-refractivity contribution in [1.82, 2.24) is 24.1 Å². The number of nitrogens with zero attached hydrogens (tertiary/aromatic N) is 4. The van der Waals surface area contributed by atoms with E-state index in [0.29, 0.717) is 23.6 Å². The van der Waals surface area contributed by atoms with Gasteiger partial charge in [-0.15, -0.1) is 0 Å². The van der Waals surface area contributed by atoms with E-state index in [1.165, 1.54) is 0 Å². The molecule has 0 aliphatic heterocycles. The first-order valence-corrected chi connectivity index (χ1v) is 8.41. The zero-order valence-electron chi connectivity index (χ0n) is 14.1. The van der Waals surface area contributed by atoms with Crippen LogP contribution in [0.1, 0.15) is 6.42 Å². The summed E-state index contributed by atoms with van der Waals surface area (Å²) >= 11 is 0. The Bertz CT molecular complexity index is 973. The molecule has 3 heterocycles. The second kappa shape index (κ2) is 6.79. The average Bonchev–Trinajstić information content (AvgIpc) is 3.40. The van der Waals surface area contributed by atoms with Crippen LogP contribution in [0.15, 0.2) is 61.4 Å². The van der Waals surface area contributed by atoms with Gasteiger partial charge in [-0.2, -0.15) is 0 Å². The molecule has 0 atom stereocenters. The van der Waals surface area contributed by atoms with Gasteiger partial charge in [0, 0.05) is 37.9 Å². The lowest BCUT2D eigenvalue weighted by Crippen LogP contribution is -2.05. The third-order valence-electron chi connectivity index (χ3n) is 4.35. The number of benzene rings is 1. The molecule has 132 valence electrons. The van der Waals surface area contributed by atoms with Gasteiger partial charge in [-0.1, -0.05) is 30.3 Å². The third kappa shape index (κ3) is 2.83. The highest BCUT2D eigenvalue weighted by molar-refractivity contribution is 5.86. The molecule has 26 heavy (non-hydrogen) atoms.